The summed E-state index contributed by atoms with van der Waals surface area (Å²) in [5, 5.41) is 17.0. The number of halogens is 2. The molecule has 0 bridgehead atoms. The van der Waals surface area contributed by atoms with E-state index in [1.165, 1.54) is 6.07 Å². The van der Waals surface area contributed by atoms with Crippen molar-refractivity contribution in [2.24, 2.45) is 0 Å². The van der Waals surface area contributed by atoms with E-state index in [2.05, 4.69) is 4.98 Å². The molecule has 1 N–H and O–H groups in total. The van der Waals surface area contributed by atoms with Gasteiger partial charge in [0.2, 0.25) is 0 Å². The fraction of sp³-hybridized carbons (Fsp3) is 0.125. The lowest BCUT2D eigenvalue weighted by Crippen LogP contribution is -2.06. The van der Waals surface area contributed by atoms with Crippen LogP contribution in [0.1, 0.15) is 28.0 Å². The molecule has 0 atom stereocenters. The first-order valence-electron chi connectivity index (χ1n) is 3.48. The monoisotopic (exact) mass is 198 g/mol. The number of nitrogens with zero attached hydrogens (tertiary/aromatic N) is 2. The molecule has 1 heterocycles. The molecule has 0 aromatic carbocycles. The molecule has 4 nitrogen and oxygen atoms in total. The predicted molar refractivity (Wildman–Crippen MR) is 40.9 cm³/mol. The summed E-state index contributed by atoms with van der Waals surface area (Å²) in [6.07, 6.45) is -2.02. The highest BCUT2D eigenvalue weighted by Gasteiger charge is 2.22. The van der Waals surface area contributed by atoms with E-state index >= 15 is 0 Å². The van der Waals surface area contributed by atoms with E-state index in [4.69, 9.17) is 10.4 Å². The van der Waals surface area contributed by atoms with Crippen LogP contribution in [0.15, 0.2) is 12.3 Å². The van der Waals surface area contributed by atoms with Crippen LogP contribution < -0.4 is 0 Å². The Morgan fingerprint density at radius 2 is 2.29 bits per heavy atom. The summed E-state index contributed by atoms with van der Waals surface area (Å²) in [6, 6.07) is 2.35. The van der Waals surface area contributed by atoms with Crippen LogP contribution in [0.5, 0.6) is 0 Å². The Hall–Kier alpha value is -2.03. The largest absolute Gasteiger partial charge is 0.478 e. The fourth-order valence-corrected chi connectivity index (χ4v) is 0.970. The second kappa shape index (κ2) is 3.79. The van der Waals surface area contributed by atoms with Crippen molar-refractivity contribution in [3.8, 4) is 6.07 Å². The van der Waals surface area contributed by atoms with Crippen LogP contribution >= 0.6 is 0 Å². The van der Waals surface area contributed by atoms with Gasteiger partial charge in [-0.15, -0.1) is 0 Å². The zero-order valence-electron chi connectivity index (χ0n) is 6.74. The average Bonchev–Trinajstić information content (AvgIpc) is 2.16. The standard InChI is InChI=1S/C8H4F2N2O2/c9-7(10)6-4(8(13)14)1-2-12-5(6)3-11/h1-2,7H,(H,13,14). The highest BCUT2D eigenvalue weighted by atomic mass is 19.3. The van der Waals surface area contributed by atoms with Crippen LogP contribution in [0.4, 0.5) is 8.78 Å². The van der Waals surface area contributed by atoms with Gasteiger partial charge in [0.1, 0.15) is 11.8 Å². The normalized spacial score (nSPS) is 9.86. The van der Waals surface area contributed by atoms with Crippen molar-refractivity contribution in [3.05, 3.63) is 29.1 Å². The van der Waals surface area contributed by atoms with Crippen molar-refractivity contribution in [3.63, 3.8) is 0 Å². The van der Waals surface area contributed by atoms with Crippen LogP contribution in [0, 0.1) is 11.3 Å². The zero-order valence-corrected chi connectivity index (χ0v) is 6.74. The van der Waals surface area contributed by atoms with Gasteiger partial charge in [-0.25, -0.2) is 18.6 Å². The maximum Gasteiger partial charge on any atom is 0.336 e. The Morgan fingerprint density at radius 3 is 2.71 bits per heavy atom. The first-order chi connectivity index (χ1) is 6.57. The van der Waals surface area contributed by atoms with Gasteiger partial charge >= 0.3 is 5.97 Å². The van der Waals surface area contributed by atoms with E-state index in [1.807, 2.05) is 0 Å². The van der Waals surface area contributed by atoms with Gasteiger partial charge in [0, 0.05) is 6.20 Å². The summed E-state index contributed by atoms with van der Waals surface area (Å²) < 4.78 is 24.8. The molecule has 6 heteroatoms. The van der Waals surface area contributed by atoms with Crippen molar-refractivity contribution in [2.45, 2.75) is 6.43 Å². The van der Waals surface area contributed by atoms with Gasteiger partial charge in [-0.2, -0.15) is 5.26 Å². The molecule has 0 unspecified atom stereocenters. The van der Waals surface area contributed by atoms with Crippen molar-refractivity contribution in [2.75, 3.05) is 0 Å². The van der Waals surface area contributed by atoms with E-state index in [-0.39, 0.29) is 0 Å². The van der Waals surface area contributed by atoms with Crippen LogP contribution in [0.3, 0.4) is 0 Å². The molecule has 1 aromatic rings. The number of aromatic nitrogens is 1. The number of rotatable bonds is 2. The Balaban J connectivity index is 3.45. The minimum atomic E-state index is -3.02. The number of alkyl halides is 2. The Morgan fingerprint density at radius 1 is 1.64 bits per heavy atom. The van der Waals surface area contributed by atoms with Crippen molar-refractivity contribution in [1.29, 1.82) is 5.26 Å². The highest BCUT2D eigenvalue weighted by Crippen LogP contribution is 2.24. The maximum absolute atomic E-state index is 12.4. The van der Waals surface area contributed by atoms with Crippen molar-refractivity contribution in [1.82, 2.24) is 4.98 Å². The molecule has 72 valence electrons. The van der Waals surface area contributed by atoms with Gasteiger partial charge in [-0.1, -0.05) is 0 Å². The molecule has 0 saturated heterocycles. The molecule has 0 radical (unpaired) electrons. The zero-order chi connectivity index (χ0) is 10.7. The number of hydrogen-bond donors (Lipinski definition) is 1. The van der Waals surface area contributed by atoms with Gasteiger partial charge in [-0.05, 0) is 6.07 Å². The second-order valence-corrected chi connectivity index (χ2v) is 2.34. The number of pyridine rings is 1. The second-order valence-electron chi connectivity index (χ2n) is 2.34. The summed E-state index contributed by atoms with van der Waals surface area (Å²) >= 11 is 0. The first kappa shape index (κ1) is 10.1. The third kappa shape index (κ3) is 1.66. The van der Waals surface area contributed by atoms with Crippen molar-refractivity contribution < 1.29 is 18.7 Å². The Labute approximate surface area is 77.4 Å². The summed E-state index contributed by atoms with van der Waals surface area (Å²) in [4.78, 5) is 13.9. The lowest BCUT2D eigenvalue weighted by molar-refractivity contribution is 0.0684. The van der Waals surface area contributed by atoms with E-state index in [0.717, 1.165) is 12.3 Å². The van der Waals surface area contributed by atoms with E-state index in [0.29, 0.717) is 0 Å². The third-order valence-corrected chi connectivity index (χ3v) is 1.54. The van der Waals surface area contributed by atoms with Crippen molar-refractivity contribution >= 4 is 5.97 Å². The molecular formula is C8H4F2N2O2. The van der Waals surface area contributed by atoms with Gasteiger partial charge < -0.3 is 5.11 Å². The Kier molecular flexibility index (Phi) is 2.72. The number of hydrogen-bond acceptors (Lipinski definition) is 3. The van der Waals surface area contributed by atoms with Gasteiger partial charge in [-0.3, -0.25) is 0 Å². The van der Waals surface area contributed by atoms with Gasteiger partial charge in [0.25, 0.3) is 6.43 Å². The third-order valence-electron chi connectivity index (χ3n) is 1.54. The topological polar surface area (TPSA) is 74.0 Å². The number of carboxylic acids is 1. The molecule has 14 heavy (non-hydrogen) atoms. The number of carboxylic acid groups (broad SMARTS) is 1. The average molecular weight is 198 g/mol. The van der Waals surface area contributed by atoms with Gasteiger partial charge in [0.15, 0.2) is 0 Å². The minimum Gasteiger partial charge on any atom is -0.478 e. The summed E-state index contributed by atoms with van der Waals surface area (Å²) in [7, 11) is 0. The van der Waals surface area contributed by atoms with Crippen LogP contribution in [0.2, 0.25) is 0 Å². The van der Waals surface area contributed by atoms with Crippen LogP contribution in [0.25, 0.3) is 0 Å². The number of carbonyl (C=O) groups is 1. The molecule has 0 aliphatic carbocycles. The van der Waals surface area contributed by atoms with E-state index in [9.17, 15) is 13.6 Å². The maximum atomic E-state index is 12.4. The molecule has 0 aliphatic rings. The fourth-order valence-electron chi connectivity index (χ4n) is 0.970. The van der Waals surface area contributed by atoms with Crippen LogP contribution in [-0.4, -0.2) is 16.1 Å². The van der Waals surface area contributed by atoms with Gasteiger partial charge in [0.05, 0.1) is 11.1 Å². The smallest absolute Gasteiger partial charge is 0.336 e. The molecule has 0 saturated carbocycles. The molecule has 0 fully saturated rings. The predicted octanol–water partition coefficient (Wildman–Crippen LogP) is 1.59. The molecule has 0 amide bonds. The highest BCUT2D eigenvalue weighted by molar-refractivity contribution is 5.89. The number of nitriles is 1. The lowest BCUT2D eigenvalue weighted by Gasteiger charge is -2.04. The van der Waals surface area contributed by atoms with E-state index in [1.54, 1.807) is 0 Å². The summed E-state index contributed by atoms with van der Waals surface area (Å²) in [6.45, 7) is 0. The Bertz CT molecular complexity index is 412. The SMILES string of the molecule is N#Cc1nccc(C(=O)O)c1C(F)F. The molecule has 1 rings (SSSR count). The lowest BCUT2D eigenvalue weighted by atomic mass is 10.1. The quantitative estimate of drug-likeness (QED) is 0.782. The number of aromatic carboxylic acids is 1. The minimum absolute atomic E-state index is 0.556. The molecule has 0 spiro atoms. The summed E-state index contributed by atoms with van der Waals surface area (Å²) in [5.41, 5.74) is -1.98. The van der Waals surface area contributed by atoms with Crippen LogP contribution in [-0.2, 0) is 0 Å². The molecule has 1 aromatic heterocycles. The molecular weight excluding hydrogens is 194 g/mol. The summed E-state index contributed by atoms with van der Waals surface area (Å²) in [5.74, 6) is -1.50. The first-order valence-corrected chi connectivity index (χ1v) is 3.48. The van der Waals surface area contributed by atoms with E-state index < -0.39 is 29.2 Å². The molecule has 0 aliphatic heterocycles.